The summed E-state index contributed by atoms with van der Waals surface area (Å²) >= 11 is 0. The second-order valence-electron chi connectivity index (χ2n) is 4.22. The van der Waals surface area contributed by atoms with Gasteiger partial charge in [0.05, 0.1) is 16.9 Å². The van der Waals surface area contributed by atoms with Gasteiger partial charge >= 0.3 is 0 Å². The van der Waals surface area contributed by atoms with Crippen molar-refractivity contribution in [2.24, 2.45) is 0 Å². The summed E-state index contributed by atoms with van der Waals surface area (Å²) in [5.74, 6) is -0.894. The fourth-order valence-corrected chi connectivity index (χ4v) is 1.63. The first-order chi connectivity index (χ1) is 9.01. The van der Waals surface area contributed by atoms with Crippen LogP contribution in [0.25, 0.3) is 0 Å². The van der Waals surface area contributed by atoms with E-state index in [4.69, 9.17) is 0 Å². The van der Waals surface area contributed by atoms with Crippen molar-refractivity contribution in [2.45, 2.75) is 13.8 Å². The Hall–Kier alpha value is -2.30. The third-order valence-corrected chi connectivity index (χ3v) is 2.69. The molecule has 98 valence electrons. The minimum Gasteiger partial charge on any atom is -0.337 e. The summed E-state index contributed by atoms with van der Waals surface area (Å²) in [6.45, 7) is 3.24. The molecule has 19 heavy (non-hydrogen) atoms. The van der Waals surface area contributed by atoms with Gasteiger partial charge in [-0.2, -0.15) is 0 Å². The van der Waals surface area contributed by atoms with Crippen molar-refractivity contribution in [3.8, 4) is 0 Å². The predicted molar refractivity (Wildman–Crippen MR) is 68.7 cm³/mol. The summed E-state index contributed by atoms with van der Waals surface area (Å²) in [4.78, 5) is 14.8. The number of carbonyl (C=O) groups excluding carboxylic acids is 1. The molecule has 0 atom stereocenters. The molecule has 0 spiro atoms. The van der Waals surface area contributed by atoms with Crippen LogP contribution in [0.3, 0.4) is 0 Å². The summed E-state index contributed by atoms with van der Waals surface area (Å²) in [6, 6.07) is 5.70. The van der Waals surface area contributed by atoms with Gasteiger partial charge in [-0.1, -0.05) is 6.07 Å². The van der Waals surface area contributed by atoms with Crippen LogP contribution < -0.4 is 5.32 Å². The molecule has 1 N–H and O–H groups in total. The Bertz CT molecular complexity index is 642. The molecule has 0 unspecified atom stereocenters. The summed E-state index contributed by atoms with van der Waals surface area (Å²) in [5.41, 5.74) is 1.15. The van der Waals surface area contributed by atoms with Crippen LogP contribution in [0.2, 0.25) is 0 Å². The molecule has 0 saturated heterocycles. The number of nitrogens with zero attached hydrogens (tertiary/aromatic N) is 1. The van der Waals surface area contributed by atoms with E-state index in [1.807, 2.05) is 0 Å². The Morgan fingerprint density at radius 3 is 2.53 bits per heavy atom. The number of aromatic nitrogens is 1. The van der Waals surface area contributed by atoms with E-state index in [1.54, 1.807) is 19.1 Å². The second kappa shape index (κ2) is 5.14. The van der Waals surface area contributed by atoms with Gasteiger partial charge in [-0.15, -0.1) is 0 Å². The summed E-state index contributed by atoms with van der Waals surface area (Å²) in [7, 11) is 0. The highest BCUT2D eigenvalue weighted by molar-refractivity contribution is 5.84. The minimum absolute atomic E-state index is 0.0445. The van der Waals surface area contributed by atoms with E-state index in [-0.39, 0.29) is 22.8 Å². The van der Waals surface area contributed by atoms with Gasteiger partial charge in [0.25, 0.3) is 0 Å². The molecule has 1 aromatic carbocycles. The molecule has 0 fully saturated rings. The molecule has 2 aromatic rings. The number of pyridine rings is 1. The number of hydrogen-bond acceptors (Lipinski definition) is 3. The van der Waals surface area contributed by atoms with Crippen LogP contribution in [0.1, 0.15) is 21.6 Å². The summed E-state index contributed by atoms with van der Waals surface area (Å²) < 4.78 is 27.0. The third-order valence-electron chi connectivity index (χ3n) is 2.69. The average Bonchev–Trinajstić information content (AvgIpc) is 2.36. The Balaban J connectivity index is 2.42. The molecule has 0 aliphatic heterocycles. The monoisotopic (exact) mass is 262 g/mol. The molecule has 1 heterocycles. The Kier molecular flexibility index (Phi) is 3.55. The largest absolute Gasteiger partial charge is 0.337 e. The smallest absolute Gasteiger partial charge is 0.153 e. The van der Waals surface area contributed by atoms with Crippen molar-refractivity contribution in [1.82, 2.24) is 4.98 Å². The maximum Gasteiger partial charge on any atom is 0.153 e. The van der Waals surface area contributed by atoms with Gasteiger partial charge in [0.15, 0.2) is 6.29 Å². The van der Waals surface area contributed by atoms with Crippen LogP contribution in [-0.4, -0.2) is 11.3 Å². The highest BCUT2D eigenvalue weighted by Crippen LogP contribution is 2.22. The molecule has 0 aliphatic carbocycles. The van der Waals surface area contributed by atoms with E-state index in [9.17, 15) is 13.6 Å². The minimum atomic E-state index is -0.572. The maximum atomic E-state index is 13.7. The van der Waals surface area contributed by atoms with Gasteiger partial charge in [-0.25, -0.2) is 13.8 Å². The molecule has 0 bridgehead atoms. The van der Waals surface area contributed by atoms with Crippen molar-refractivity contribution in [2.75, 3.05) is 5.32 Å². The van der Waals surface area contributed by atoms with Gasteiger partial charge in [0.2, 0.25) is 0 Å². The zero-order chi connectivity index (χ0) is 14.0. The first kappa shape index (κ1) is 13.1. The quantitative estimate of drug-likeness (QED) is 0.860. The lowest BCUT2D eigenvalue weighted by molar-refractivity contribution is 0.112. The van der Waals surface area contributed by atoms with Crippen molar-refractivity contribution < 1.29 is 13.6 Å². The maximum absolute atomic E-state index is 13.7. The van der Waals surface area contributed by atoms with Gasteiger partial charge in [0, 0.05) is 0 Å². The lowest BCUT2D eigenvalue weighted by Gasteiger charge is -2.10. The van der Waals surface area contributed by atoms with Gasteiger partial charge in [-0.3, -0.25) is 4.79 Å². The number of benzene rings is 1. The topological polar surface area (TPSA) is 42.0 Å². The number of nitrogens with one attached hydrogen (secondary N) is 1. The average molecular weight is 262 g/mol. The number of aldehydes is 1. The Labute approximate surface area is 109 Å². The van der Waals surface area contributed by atoms with Crippen LogP contribution in [0.4, 0.5) is 20.3 Å². The highest BCUT2D eigenvalue weighted by Gasteiger charge is 2.11. The number of anilines is 2. The lowest BCUT2D eigenvalue weighted by Crippen LogP contribution is -2.03. The Morgan fingerprint density at radius 1 is 1.16 bits per heavy atom. The molecule has 0 aliphatic rings. The zero-order valence-corrected chi connectivity index (χ0v) is 10.5. The van der Waals surface area contributed by atoms with Crippen molar-refractivity contribution >= 4 is 17.8 Å². The molecule has 0 radical (unpaired) electrons. The molecule has 2 rings (SSSR count). The molecule has 0 saturated carbocycles. The second-order valence-corrected chi connectivity index (χ2v) is 4.22. The first-order valence-corrected chi connectivity index (χ1v) is 5.66. The molecular formula is C14H12F2N2O. The van der Waals surface area contributed by atoms with Crippen LogP contribution >= 0.6 is 0 Å². The van der Waals surface area contributed by atoms with Crippen LogP contribution in [0.15, 0.2) is 24.3 Å². The number of carbonyl (C=O) groups is 1. The van der Waals surface area contributed by atoms with Crippen molar-refractivity contribution in [3.63, 3.8) is 0 Å². The van der Waals surface area contributed by atoms with Gasteiger partial charge < -0.3 is 5.32 Å². The van der Waals surface area contributed by atoms with E-state index in [0.29, 0.717) is 6.29 Å². The SMILES string of the molecule is Cc1ccc(Nc2nc(C)c(F)cc2C=O)c(F)c1. The van der Waals surface area contributed by atoms with E-state index >= 15 is 0 Å². The number of halogens is 2. The van der Waals surface area contributed by atoms with Gasteiger partial charge in [-0.05, 0) is 37.6 Å². The summed E-state index contributed by atoms with van der Waals surface area (Å²) in [5, 5.41) is 2.70. The first-order valence-electron chi connectivity index (χ1n) is 5.66. The van der Waals surface area contributed by atoms with E-state index in [2.05, 4.69) is 10.3 Å². The molecule has 1 aromatic heterocycles. The molecule has 3 nitrogen and oxygen atoms in total. The number of aryl methyl sites for hydroxylation is 2. The standard InChI is InChI=1S/C14H12F2N2O/c1-8-3-4-13(12(16)5-8)18-14-10(7-19)6-11(15)9(2)17-14/h3-7H,1-2H3,(H,17,18). The lowest BCUT2D eigenvalue weighted by atomic mass is 10.2. The highest BCUT2D eigenvalue weighted by atomic mass is 19.1. The van der Waals surface area contributed by atoms with E-state index < -0.39 is 11.6 Å². The summed E-state index contributed by atoms with van der Waals surface area (Å²) in [6.07, 6.45) is 0.476. The van der Waals surface area contributed by atoms with Crippen LogP contribution in [0, 0.1) is 25.5 Å². The predicted octanol–water partition coefficient (Wildman–Crippen LogP) is 3.53. The number of hydrogen-bond donors (Lipinski definition) is 1. The number of rotatable bonds is 3. The van der Waals surface area contributed by atoms with E-state index in [0.717, 1.165) is 11.6 Å². The van der Waals surface area contributed by atoms with Crippen molar-refractivity contribution in [1.29, 1.82) is 0 Å². The fourth-order valence-electron chi connectivity index (χ4n) is 1.63. The fraction of sp³-hybridized carbons (Fsp3) is 0.143. The van der Waals surface area contributed by atoms with Crippen LogP contribution in [-0.2, 0) is 0 Å². The van der Waals surface area contributed by atoms with E-state index in [1.165, 1.54) is 13.0 Å². The molecular weight excluding hydrogens is 250 g/mol. The van der Waals surface area contributed by atoms with Crippen LogP contribution in [0.5, 0.6) is 0 Å². The van der Waals surface area contributed by atoms with Gasteiger partial charge in [0.1, 0.15) is 17.5 Å². The molecule has 5 heteroatoms. The normalized spacial score (nSPS) is 10.3. The Morgan fingerprint density at radius 2 is 1.89 bits per heavy atom. The third kappa shape index (κ3) is 2.76. The molecule has 0 amide bonds. The zero-order valence-electron chi connectivity index (χ0n) is 10.5. The van der Waals surface area contributed by atoms with Crippen molar-refractivity contribution in [3.05, 3.63) is 52.7 Å².